The fourth-order valence-electron chi connectivity index (χ4n) is 0.920. The molecule has 0 radical (unpaired) electrons. The minimum Gasteiger partial charge on any atom is -0.397 e. The molecule has 0 fully saturated rings. The van der Waals surface area contributed by atoms with Crippen molar-refractivity contribution in [3.8, 4) is 0 Å². The first-order valence-electron chi connectivity index (χ1n) is 3.49. The summed E-state index contributed by atoms with van der Waals surface area (Å²) in [5.74, 6) is 0. The number of nitro benzene ring substituents is 1. The Balaban J connectivity index is 3.59. The molecule has 0 unspecified atom stereocenters. The molecule has 0 atom stereocenters. The molecule has 9 heteroatoms. The number of halogens is 1. The summed E-state index contributed by atoms with van der Waals surface area (Å²) >= 11 is 2.91. The average molecular weight is 296 g/mol. The highest BCUT2D eigenvalue weighted by Gasteiger charge is 2.20. The molecule has 0 aromatic heterocycles. The number of sulfonamides is 1. The van der Waals surface area contributed by atoms with Crippen molar-refractivity contribution in [2.24, 2.45) is 5.14 Å². The van der Waals surface area contributed by atoms with Crippen molar-refractivity contribution in [1.29, 1.82) is 0 Å². The van der Waals surface area contributed by atoms with E-state index in [1.165, 1.54) is 0 Å². The summed E-state index contributed by atoms with van der Waals surface area (Å²) in [5, 5.41) is 15.3. The normalized spacial score (nSPS) is 11.3. The molecular formula is C6H6BrN3O4S. The number of hydrogen-bond donors (Lipinski definition) is 2. The summed E-state index contributed by atoms with van der Waals surface area (Å²) in [5.41, 5.74) is 4.86. The van der Waals surface area contributed by atoms with E-state index in [9.17, 15) is 18.5 Å². The van der Waals surface area contributed by atoms with Gasteiger partial charge in [-0.3, -0.25) is 10.1 Å². The summed E-state index contributed by atoms with van der Waals surface area (Å²) < 4.78 is 22.2. The van der Waals surface area contributed by atoms with Crippen LogP contribution in [0.3, 0.4) is 0 Å². The minimum absolute atomic E-state index is 0.112. The third-order valence-corrected chi connectivity index (χ3v) is 3.20. The SMILES string of the molecule is Nc1c(Br)cc([N+](=O)[O-])cc1S(N)(=O)=O. The molecule has 1 aromatic rings. The Morgan fingerprint density at radius 2 is 1.93 bits per heavy atom. The second-order valence-electron chi connectivity index (χ2n) is 2.64. The lowest BCUT2D eigenvalue weighted by atomic mass is 10.3. The molecule has 0 heterocycles. The van der Waals surface area contributed by atoms with Crippen molar-refractivity contribution in [2.75, 3.05) is 5.73 Å². The Morgan fingerprint density at radius 3 is 2.33 bits per heavy atom. The van der Waals surface area contributed by atoms with Crippen LogP contribution in [0.15, 0.2) is 21.5 Å². The lowest BCUT2D eigenvalue weighted by molar-refractivity contribution is -0.385. The van der Waals surface area contributed by atoms with Gasteiger partial charge in [0.1, 0.15) is 4.90 Å². The summed E-state index contributed by atoms with van der Waals surface area (Å²) in [4.78, 5) is 9.25. The Morgan fingerprint density at radius 1 is 1.40 bits per heavy atom. The highest BCUT2D eigenvalue weighted by molar-refractivity contribution is 9.10. The van der Waals surface area contributed by atoms with E-state index in [-0.39, 0.29) is 10.2 Å². The van der Waals surface area contributed by atoms with E-state index < -0.39 is 25.5 Å². The van der Waals surface area contributed by atoms with Gasteiger partial charge in [-0.15, -0.1) is 0 Å². The van der Waals surface area contributed by atoms with E-state index in [1.807, 2.05) is 0 Å². The van der Waals surface area contributed by atoms with E-state index in [2.05, 4.69) is 15.9 Å². The molecule has 0 saturated heterocycles. The Hall–Kier alpha value is -1.19. The number of primary sulfonamides is 1. The van der Waals surface area contributed by atoms with Gasteiger partial charge in [0.05, 0.1) is 10.6 Å². The number of nitrogens with two attached hydrogens (primary N) is 2. The fraction of sp³-hybridized carbons (Fsp3) is 0. The predicted molar refractivity (Wildman–Crippen MR) is 56.6 cm³/mol. The molecule has 0 spiro atoms. The zero-order valence-corrected chi connectivity index (χ0v) is 9.58. The van der Waals surface area contributed by atoms with Crippen LogP contribution >= 0.6 is 15.9 Å². The van der Waals surface area contributed by atoms with Crippen molar-refractivity contribution >= 4 is 37.3 Å². The predicted octanol–water partition coefficient (Wildman–Crippen LogP) is 0.587. The van der Waals surface area contributed by atoms with Gasteiger partial charge in [0.2, 0.25) is 10.0 Å². The van der Waals surface area contributed by atoms with Gasteiger partial charge in [0.15, 0.2) is 0 Å². The van der Waals surface area contributed by atoms with Gasteiger partial charge in [-0.25, -0.2) is 13.6 Å². The van der Waals surface area contributed by atoms with Gasteiger partial charge in [-0.2, -0.15) is 0 Å². The standard InChI is InChI=1S/C6H6BrN3O4S/c7-4-1-3(10(11)12)2-5(6(4)8)15(9,13)14/h1-2H,8H2,(H2,9,13,14). The number of hydrogen-bond acceptors (Lipinski definition) is 5. The van der Waals surface area contributed by atoms with E-state index >= 15 is 0 Å². The van der Waals surface area contributed by atoms with Crippen LogP contribution in [0.5, 0.6) is 0 Å². The maximum atomic E-state index is 11.0. The molecule has 0 saturated carbocycles. The summed E-state index contributed by atoms with van der Waals surface area (Å²) in [7, 11) is -4.07. The lowest BCUT2D eigenvalue weighted by Gasteiger charge is -2.04. The Labute approximate surface area is 93.4 Å². The van der Waals surface area contributed by atoms with E-state index in [1.54, 1.807) is 0 Å². The topological polar surface area (TPSA) is 129 Å². The van der Waals surface area contributed by atoms with E-state index in [0.29, 0.717) is 0 Å². The third-order valence-electron chi connectivity index (χ3n) is 1.59. The Bertz CT molecular complexity index is 527. The quantitative estimate of drug-likeness (QED) is 0.468. The van der Waals surface area contributed by atoms with Gasteiger partial charge in [-0.1, -0.05) is 0 Å². The lowest BCUT2D eigenvalue weighted by Crippen LogP contribution is -2.15. The van der Waals surface area contributed by atoms with Crippen LogP contribution in [0.1, 0.15) is 0 Å². The van der Waals surface area contributed by atoms with Crippen LogP contribution in [0.2, 0.25) is 0 Å². The maximum absolute atomic E-state index is 11.0. The molecule has 0 aliphatic heterocycles. The smallest absolute Gasteiger partial charge is 0.272 e. The molecule has 15 heavy (non-hydrogen) atoms. The van der Waals surface area contributed by atoms with Gasteiger partial charge < -0.3 is 5.73 Å². The van der Waals surface area contributed by atoms with Gasteiger partial charge in [-0.05, 0) is 15.9 Å². The number of non-ortho nitro benzene ring substituents is 1. The van der Waals surface area contributed by atoms with E-state index in [0.717, 1.165) is 12.1 Å². The molecule has 0 aliphatic carbocycles. The molecule has 82 valence electrons. The Kier molecular flexibility index (Phi) is 2.98. The number of benzene rings is 1. The van der Waals surface area contributed by atoms with Gasteiger partial charge >= 0.3 is 0 Å². The van der Waals surface area contributed by atoms with E-state index in [4.69, 9.17) is 10.9 Å². The number of rotatable bonds is 2. The molecule has 1 aromatic carbocycles. The van der Waals surface area contributed by atoms with Gasteiger partial charge in [0.25, 0.3) is 5.69 Å². The monoisotopic (exact) mass is 295 g/mol. The first-order chi connectivity index (χ1) is 6.73. The number of nitrogens with zero attached hydrogens (tertiary/aromatic N) is 1. The first kappa shape index (κ1) is 11.9. The molecule has 1 rings (SSSR count). The summed E-state index contributed by atoms with van der Waals surface area (Å²) in [6.07, 6.45) is 0. The van der Waals surface area contributed by atoms with Gasteiger partial charge in [0, 0.05) is 16.6 Å². The fourth-order valence-corrected chi connectivity index (χ4v) is 2.20. The van der Waals surface area contributed by atoms with Crippen LogP contribution in [0.4, 0.5) is 11.4 Å². The van der Waals surface area contributed by atoms with Crippen LogP contribution < -0.4 is 10.9 Å². The third kappa shape index (κ3) is 2.43. The van der Waals surface area contributed by atoms with Crippen LogP contribution in [-0.4, -0.2) is 13.3 Å². The van der Waals surface area contributed by atoms with Crippen LogP contribution in [-0.2, 0) is 10.0 Å². The van der Waals surface area contributed by atoms with Crippen molar-refractivity contribution in [3.05, 3.63) is 26.7 Å². The van der Waals surface area contributed by atoms with Crippen LogP contribution in [0, 0.1) is 10.1 Å². The number of nitro groups is 1. The number of nitrogen functional groups attached to an aromatic ring is 1. The zero-order chi connectivity index (χ0) is 11.8. The summed E-state index contributed by atoms with van der Waals surface area (Å²) in [6, 6.07) is 1.92. The number of anilines is 1. The largest absolute Gasteiger partial charge is 0.397 e. The zero-order valence-electron chi connectivity index (χ0n) is 7.18. The highest BCUT2D eigenvalue weighted by atomic mass is 79.9. The van der Waals surface area contributed by atoms with Crippen molar-refractivity contribution in [2.45, 2.75) is 4.90 Å². The van der Waals surface area contributed by atoms with Crippen molar-refractivity contribution < 1.29 is 13.3 Å². The molecular weight excluding hydrogens is 290 g/mol. The highest BCUT2D eigenvalue weighted by Crippen LogP contribution is 2.31. The molecule has 0 amide bonds. The maximum Gasteiger partial charge on any atom is 0.272 e. The minimum atomic E-state index is -4.07. The molecule has 0 aliphatic rings. The van der Waals surface area contributed by atoms with Crippen LogP contribution in [0.25, 0.3) is 0 Å². The second kappa shape index (κ2) is 3.76. The first-order valence-corrected chi connectivity index (χ1v) is 5.83. The van der Waals surface area contributed by atoms with Crippen molar-refractivity contribution in [1.82, 2.24) is 0 Å². The second-order valence-corrected chi connectivity index (χ2v) is 5.03. The average Bonchev–Trinajstić information content (AvgIpc) is 2.06. The molecule has 0 bridgehead atoms. The molecule has 4 N–H and O–H groups in total. The van der Waals surface area contributed by atoms with Crippen molar-refractivity contribution in [3.63, 3.8) is 0 Å². The molecule has 7 nitrogen and oxygen atoms in total. The summed E-state index contributed by atoms with van der Waals surface area (Å²) in [6.45, 7) is 0.